The summed E-state index contributed by atoms with van der Waals surface area (Å²) in [5.74, 6) is -0.642. The molecule has 22 heavy (non-hydrogen) atoms. The second kappa shape index (κ2) is 7.84. The summed E-state index contributed by atoms with van der Waals surface area (Å²) in [5.41, 5.74) is 1.05. The Hall–Kier alpha value is -0.520. The highest BCUT2D eigenvalue weighted by molar-refractivity contribution is 7.54. The van der Waals surface area contributed by atoms with Crippen LogP contribution in [0.15, 0.2) is 11.6 Å². The lowest BCUT2D eigenvalue weighted by Gasteiger charge is -2.32. The van der Waals surface area contributed by atoms with Gasteiger partial charge >= 0.3 is 7.60 Å². The molecule has 1 aliphatic heterocycles. The maximum Gasteiger partial charge on any atom is 0.338 e. The van der Waals surface area contributed by atoms with Gasteiger partial charge in [0.05, 0.1) is 26.4 Å². The van der Waals surface area contributed by atoms with Gasteiger partial charge < -0.3 is 18.5 Å². The molecule has 126 valence electrons. The molecule has 6 nitrogen and oxygen atoms in total. The lowest BCUT2D eigenvalue weighted by Crippen LogP contribution is -2.33. The van der Waals surface area contributed by atoms with Crippen molar-refractivity contribution in [2.24, 2.45) is 0 Å². The Kier molecular flexibility index (Phi) is 6.36. The van der Waals surface area contributed by atoms with E-state index < -0.39 is 13.4 Å². The van der Waals surface area contributed by atoms with Crippen LogP contribution in [-0.4, -0.2) is 44.2 Å². The van der Waals surface area contributed by atoms with Crippen molar-refractivity contribution >= 4 is 13.4 Å². The molecular formula is C15H25O6P. The summed E-state index contributed by atoms with van der Waals surface area (Å²) in [7, 11) is -3.31. The molecular weight excluding hydrogens is 307 g/mol. The summed E-state index contributed by atoms with van der Waals surface area (Å²) in [4.78, 5) is 12.1. The van der Waals surface area contributed by atoms with Gasteiger partial charge in [0.15, 0.2) is 11.6 Å². The van der Waals surface area contributed by atoms with E-state index in [1.165, 1.54) is 0 Å². The molecule has 7 heteroatoms. The van der Waals surface area contributed by atoms with Crippen LogP contribution in [0.3, 0.4) is 0 Å². The Morgan fingerprint density at radius 1 is 1.18 bits per heavy atom. The van der Waals surface area contributed by atoms with Crippen LogP contribution in [0.5, 0.6) is 0 Å². The Labute approximate surface area is 131 Å². The van der Waals surface area contributed by atoms with E-state index in [1.807, 2.05) is 0 Å². The smallest absolute Gasteiger partial charge is 0.338 e. The van der Waals surface area contributed by atoms with Gasteiger partial charge in [-0.3, -0.25) is 9.36 Å². The molecule has 1 spiro atoms. The Bertz CT molecular complexity index is 445. The minimum atomic E-state index is -3.31. The molecule has 2 fully saturated rings. The third-order valence-corrected chi connectivity index (χ3v) is 5.84. The zero-order valence-corrected chi connectivity index (χ0v) is 14.2. The van der Waals surface area contributed by atoms with Crippen LogP contribution in [0.4, 0.5) is 0 Å². The van der Waals surface area contributed by atoms with Crippen LogP contribution < -0.4 is 0 Å². The zero-order chi connectivity index (χ0) is 16.1. The lowest BCUT2D eigenvalue weighted by atomic mass is 9.89. The second-order valence-electron chi connectivity index (χ2n) is 5.48. The molecule has 0 aromatic heterocycles. The fraction of sp³-hybridized carbons (Fsp3) is 0.800. The molecule has 0 N–H and O–H groups in total. The number of hydrogen-bond acceptors (Lipinski definition) is 6. The van der Waals surface area contributed by atoms with Crippen LogP contribution in [0.25, 0.3) is 0 Å². The van der Waals surface area contributed by atoms with Crippen LogP contribution in [-0.2, 0) is 27.9 Å². The Balaban J connectivity index is 1.89. The van der Waals surface area contributed by atoms with Gasteiger partial charge in [-0.05, 0) is 32.8 Å². The van der Waals surface area contributed by atoms with E-state index >= 15 is 0 Å². The van der Waals surface area contributed by atoms with Crippen molar-refractivity contribution in [1.82, 2.24) is 0 Å². The van der Waals surface area contributed by atoms with Gasteiger partial charge in [-0.1, -0.05) is 5.57 Å². The van der Waals surface area contributed by atoms with Crippen molar-refractivity contribution in [1.29, 1.82) is 0 Å². The van der Waals surface area contributed by atoms with E-state index in [1.54, 1.807) is 19.9 Å². The average molecular weight is 332 g/mol. The fourth-order valence-corrected chi connectivity index (χ4v) is 4.39. The summed E-state index contributed by atoms with van der Waals surface area (Å²) in [6.45, 7) is 5.28. The van der Waals surface area contributed by atoms with Crippen LogP contribution >= 0.6 is 7.60 Å². The highest BCUT2D eigenvalue weighted by Crippen LogP contribution is 2.48. The molecule has 1 saturated heterocycles. The predicted molar refractivity (Wildman–Crippen MR) is 81.9 cm³/mol. The quantitative estimate of drug-likeness (QED) is 0.527. The van der Waals surface area contributed by atoms with Gasteiger partial charge in [-0.15, -0.1) is 0 Å². The minimum Gasteiger partial charge on any atom is -0.348 e. The van der Waals surface area contributed by atoms with Gasteiger partial charge in [0.1, 0.15) is 6.16 Å². The maximum atomic E-state index is 12.3. The Morgan fingerprint density at radius 2 is 1.73 bits per heavy atom. The molecule has 0 amide bonds. The van der Waals surface area contributed by atoms with Gasteiger partial charge in [-0.25, -0.2) is 0 Å². The topological polar surface area (TPSA) is 71.1 Å². The largest absolute Gasteiger partial charge is 0.348 e. The van der Waals surface area contributed by atoms with Crippen LogP contribution in [0.2, 0.25) is 0 Å². The molecule has 2 aliphatic rings. The summed E-state index contributed by atoms with van der Waals surface area (Å²) >= 11 is 0. The van der Waals surface area contributed by atoms with E-state index in [0.717, 1.165) is 31.3 Å². The zero-order valence-electron chi connectivity index (χ0n) is 13.3. The maximum absolute atomic E-state index is 12.3. The summed E-state index contributed by atoms with van der Waals surface area (Å²) in [6.07, 6.45) is 4.45. The molecule has 0 aromatic rings. The van der Waals surface area contributed by atoms with E-state index in [0.29, 0.717) is 13.2 Å². The molecule has 1 aliphatic carbocycles. The monoisotopic (exact) mass is 332 g/mol. The molecule has 1 heterocycles. The van der Waals surface area contributed by atoms with Crippen molar-refractivity contribution in [3.63, 3.8) is 0 Å². The number of allylic oxidation sites excluding steroid dienone is 2. The first-order valence-corrected chi connectivity index (χ1v) is 9.62. The standard InChI is InChI=1S/C15H25O6P/c1-3-20-22(17,21-4-2)12-14(16)11-13-5-7-15(8-6-13)18-9-10-19-15/h11H,3-10,12H2,1-2H3. The van der Waals surface area contributed by atoms with Gasteiger partial charge in [0.2, 0.25) is 0 Å². The van der Waals surface area contributed by atoms with Crippen molar-refractivity contribution in [2.75, 3.05) is 32.6 Å². The first kappa shape index (κ1) is 17.8. The fourth-order valence-electron chi connectivity index (χ4n) is 2.87. The van der Waals surface area contributed by atoms with Gasteiger partial charge in [-0.2, -0.15) is 0 Å². The van der Waals surface area contributed by atoms with Crippen molar-refractivity contribution < 1.29 is 27.9 Å². The first-order valence-electron chi connectivity index (χ1n) is 7.89. The van der Waals surface area contributed by atoms with Crippen LogP contribution in [0, 0.1) is 0 Å². The van der Waals surface area contributed by atoms with Gasteiger partial charge in [0.25, 0.3) is 0 Å². The van der Waals surface area contributed by atoms with E-state index in [4.69, 9.17) is 18.5 Å². The number of hydrogen-bond donors (Lipinski definition) is 0. The first-order chi connectivity index (χ1) is 10.5. The van der Waals surface area contributed by atoms with Crippen molar-refractivity contribution in [2.45, 2.75) is 45.3 Å². The van der Waals surface area contributed by atoms with E-state index in [2.05, 4.69) is 0 Å². The highest BCUT2D eigenvalue weighted by atomic mass is 31.2. The van der Waals surface area contributed by atoms with E-state index in [9.17, 15) is 9.36 Å². The molecule has 1 saturated carbocycles. The number of carbonyl (C=O) groups excluding carboxylic acids is 1. The molecule has 0 aromatic carbocycles. The summed E-state index contributed by atoms with van der Waals surface area (Å²) in [5, 5.41) is 0. The predicted octanol–water partition coefficient (Wildman–Crippen LogP) is 3.07. The summed E-state index contributed by atoms with van der Waals surface area (Å²) < 4.78 is 34.0. The molecule has 0 atom stereocenters. The third-order valence-electron chi connectivity index (χ3n) is 3.83. The molecule has 0 bridgehead atoms. The van der Waals surface area contributed by atoms with Gasteiger partial charge in [0, 0.05) is 12.8 Å². The minimum absolute atomic E-state index is 0.198. The third kappa shape index (κ3) is 4.74. The van der Waals surface area contributed by atoms with Crippen molar-refractivity contribution in [3.05, 3.63) is 11.6 Å². The lowest BCUT2D eigenvalue weighted by molar-refractivity contribution is -0.171. The molecule has 2 rings (SSSR count). The molecule has 0 radical (unpaired) electrons. The highest BCUT2D eigenvalue weighted by Gasteiger charge is 2.39. The van der Waals surface area contributed by atoms with E-state index in [-0.39, 0.29) is 25.2 Å². The average Bonchev–Trinajstić information content (AvgIpc) is 2.90. The summed E-state index contributed by atoms with van der Waals surface area (Å²) in [6, 6.07) is 0. The number of ketones is 1. The number of ether oxygens (including phenoxy) is 2. The Morgan fingerprint density at radius 3 is 2.23 bits per heavy atom. The van der Waals surface area contributed by atoms with Crippen molar-refractivity contribution in [3.8, 4) is 0 Å². The SMILES string of the molecule is CCOP(=O)(CC(=O)C=C1CCC2(CC1)OCCO2)OCC. The number of rotatable bonds is 7. The van der Waals surface area contributed by atoms with Crippen LogP contribution in [0.1, 0.15) is 39.5 Å². The normalized spacial score (nSPS) is 21.3. The molecule has 0 unspecified atom stereocenters. The number of carbonyl (C=O) groups is 1. The second-order valence-corrected chi connectivity index (χ2v) is 7.54.